The van der Waals surface area contributed by atoms with E-state index in [2.05, 4.69) is 80.9 Å². The Balaban J connectivity index is 0. The normalized spacial score (nSPS) is 8.21. The molecular weight excluding hydrogens is 348 g/mol. The van der Waals surface area contributed by atoms with Crippen molar-refractivity contribution < 1.29 is 0 Å². The largest absolute Gasteiger partial charge is 0.120 e. The number of hydrogen-bond donors (Lipinski definition) is 0. The summed E-state index contributed by atoms with van der Waals surface area (Å²) in [4.78, 5) is 0. The molecule has 0 N–H and O–H groups in total. The number of allylic oxidation sites excluding steroid dienone is 1. The molecular formula is C29H36. The van der Waals surface area contributed by atoms with Gasteiger partial charge in [0.15, 0.2) is 0 Å². The molecule has 0 heteroatoms. The summed E-state index contributed by atoms with van der Waals surface area (Å²) in [6.45, 7) is 8.20. The molecule has 0 amide bonds. The van der Waals surface area contributed by atoms with Crippen LogP contribution in [-0.2, 0) is 0 Å². The third kappa shape index (κ3) is 22.8. The molecule has 0 spiro atoms. The minimum atomic E-state index is 0.847. The second-order valence-electron chi connectivity index (χ2n) is 5.75. The highest BCUT2D eigenvalue weighted by atomic mass is 13.8. The van der Waals surface area contributed by atoms with E-state index in [-0.39, 0.29) is 0 Å². The molecule has 0 saturated carbocycles. The molecule has 0 aliphatic carbocycles. The van der Waals surface area contributed by atoms with Crippen LogP contribution >= 0.6 is 0 Å². The number of unbranched alkanes of at least 4 members (excludes halogenated alkanes) is 1. The van der Waals surface area contributed by atoms with Gasteiger partial charge in [-0.25, -0.2) is 0 Å². The molecule has 0 saturated heterocycles. The van der Waals surface area contributed by atoms with E-state index < -0.39 is 0 Å². The van der Waals surface area contributed by atoms with Crippen molar-refractivity contribution in [2.24, 2.45) is 0 Å². The fraction of sp³-hybridized carbons (Fsp3) is 0.310. The van der Waals surface area contributed by atoms with E-state index >= 15 is 0 Å². The predicted molar refractivity (Wildman–Crippen MR) is 132 cm³/mol. The second-order valence-corrected chi connectivity index (χ2v) is 5.75. The number of rotatable bonds is 3. The maximum atomic E-state index is 4.89. The van der Waals surface area contributed by atoms with Crippen LogP contribution in [0.3, 0.4) is 0 Å². The Hall–Kier alpha value is -3.14. The van der Waals surface area contributed by atoms with Gasteiger partial charge in [-0.3, -0.25) is 0 Å². The van der Waals surface area contributed by atoms with E-state index in [4.69, 9.17) is 12.8 Å². The molecule has 0 radical (unpaired) electrons. The van der Waals surface area contributed by atoms with Crippen LogP contribution < -0.4 is 0 Å². The molecule has 29 heavy (non-hydrogen) atoms. The van der Waals surface area contributed by atoms with E-state index in [1.165, 1.54) is 5.56 Å². The zero-order valence-corrected chi connectivity index (χ0v) is 18.6. The Bertz CT molecular complexity index is 741. The SMILES string of the molecule is C#CCC.C#CCCC.CC/C=C/c1ccccc1.CCC#Cc1ccccc1. The predicted octanol–water partition coefficient (Wildman–Crippen LogP) is 8.01. The van der Waals surface area contributed by atoms with Gasteiger partial charge in [-0.1, -0.05) is 100 Å². The van der Waals surface area contributed by atoms with Gasteiger partial charge >= 0.3 is 0 Å². The molecule has 2 rings (SSSR count). The summed E-state index contributed by atoms with van der Waals surface area (Å²) in [5, 5.41) is 0. The Morgan fingerprint density at radius 1 is 0.759 bits per heavy atom. The molecule has 0 unspecified atom stereocenters. The van der Waals surface area contributed by atoms with Crippen LogP contribution in [0.4, 0.5) is 0 Å². The van der Waals surface area contributed by atoms with Crippen LogP contribution in [0.1, 0.15) is 70.9 Å². The van der Waals surface area contributed by atoms with Crippen LogP contribution in [0.25, 0.3) is 6.08 Å². The summed E-state index contributed by atoms with van der Waals surface area (Å²) in [6, 6.07) is 20.4. The summed E-state index contributed by atoms with van der Waals surface area (Å²) >= 11 is 0. The molecule has 2 aromatic carbocycles. The van der Waals surface area contributed by atoms with E-state index in [1.807, 2.05) is 43.3 Å². The van der Waals surface area contributed by atoms with E-state index in [0.717, 1.165) is 37.7 Å². The minimum Gasteiger partial charge on any atom is -0.120 e. The monoisotopic (exact) mass is 384 g/mol. The van der Waals surface area contributed by atoms with Gasteiger partial charge in [0.1, 0.15) is 0 Å². The van der Waals surface area contributed by atoms with Crippen molar-refractivity contribution in [3.8, 4) is 36.5 Å². The first-order valence-electron chi connectivity index (χ1n) is 10.3. The quantitative estimate of drug-likeness (QED) is 0.470. The molecule has 0 atom stereocenters. The maximum absolute atomic E-state index is 4.89. The van der Waals surface area contributed by atoms with Crippen molar-refractivity contribution in [1.29, 1.82) is 0 Å². The van der Waals surface area contributed by atoms with Crippen LogP contribution in [0.15, 0.2) is 66.7 Å². The van der Waals surface area contributed by atoms with Gasteiger partial charge in [0, 0.05) is 24.8 Å². The van der Waals surface area contributed by atoms with Gasteiger partial charge < -0.3 is 0 Å². The average Bonchev–Trinajstić information content (AvgIpc) is 2.79. The van der Waals surface area contributed by atoms with E-state index in [0.29, 0.717) is 0 Å². The lowest BCUT2D eigenvalue weighted by molar-refractivity contribution is 0.984. The first-order chi connectivity index (χ1) is 14.2. The summed E-state index contributed by atoms with van der Waals surface area (Å²) in [5.41, 5.74) is 2.38. The number of benzene rings is 2. The van der Waals surface area contributed by atoms with Crippen LogP contribution in [-0.4, -0.2) is 0 Å². The van der Waals surface area contributed by atoms with Gasteiger partial charge in [0.2, 0.25) is 0 Å². The van der Waals surface area contributed by atoms with Crippen molar-refractivity contribution >= 4 is 6.08 Å². The molecule has 0 aliphatic heterocycles. The summed E-state index contributed by atoms with van der Waals surface area (Å²) in [6.07, 6.45) is 18.9. The second kappa shape index (κ2) is 24.9. The fourth-order valence-electron chi connectivity index (χ4n) is 1.67. The first-order valence-corrected chi connectivity index (χ1v) is 10.3. The van der Waals surface area contributed by atoms with E-state index in [9.17, 15) is 0 Å². The highest BCUT2D eigenvalue weighted by Gasteiger charge is 1.79. The van der Waals surface area contributed by atoms with Gasteiger partial charge in [-0.05, 0) is 30.5 Å². The molecule has 0 aliphatic rings. The molecule has 0 aromatic heterocycles. The fourth-order valence-corrected chi connectivity index (χ4v) is 1.67. The Labute approximate surface area is 180 Å². The van der Waals surface area contributed by atoms with Crippen molar-refractivity contribution in [3.63, 3.8) is 0 Å². The molecule has 0 fully saturated rings. The maximum Gasteiger partial charge on any atom is 0.0245 e. The summed E-state index contributed by atoms with van der Waals surface area (Å²) < 4.78 is 0. The van der Waals surface area contributed by atoms with Crippen molar-refractivity contribution in [2.45, 2.75) is 59.8 Å². The van der Waals surface area contributed by atoms with Gasteiger partial charge in [-0.15, -0.1) is 24.7 Å². The molecule has 2 aromatic rings. The zero-order valence-electron chi connectivity index (χ0n) is 18.6. The van der Waals surface area contributed by atoms with Crippen molar-refractivity contribution in [1.82, 2.24) is 0 Å². The van der Waals surface area contributed by atoms with Gasteiger partial charge in [0.05, 0.1) is 0 Å². The first kappa shape index (κ1) is 28.1. The van der Waals surface area contributed by atoms with Crippen LogP contribution in [0.5, 0.6) is 0 Å². The van der Waals surface area contributed by atoms with Gasteiger partial charge in [-0.2, -0.15) is 0 Å². The van der Waals surface area contributed by atoms with E-state index in [1.54, 1.807) is 0 Å². The molecule has 152 valence electrons. The third-order valence-corrected chi connectivity index (χ3v) is 3.13. The lowest BCUT2D eigenvalue weighted by Crippen LogP contribution is -1.69. The number of hydrogen-bond acceptors (Lipinski definition) is 0. The van der Waals surface area contributed by atoms with Crippen LogP contribution in [0.2, 0.25) is 0 Å². The molecule has 0 nitrogen and oxygen atoms in total. The van der Waals surface area contributed by atoms with Crippen LogP contribution in [0, 0.1) is 36.5 Å². The number of terminal acetylenes is 2. The topological polar surface area (TPSA) is 0 Å². The standard InChI is InChI=1S/C10H12.C10H10.C5H8.C4H6/c2*1-2-3-7-10-8-5-4-6-9-10;1-3-5-4-2;1-3-4-2/h3-9H,2H2,1H3;4-6,8-9H,2H2,1H3;1H,4-5H2,2H3;1H,4H2,2H3/b7-3+;;;. The lowest BCUT2D eigenvalue weighted by atomic mass is 10.2. The molecule has 0 bridgehead atoms. The Morgan fingerprint density at radius 3 is 1.69 bits per heavy atom. The Kier molecular flexibility index (Phi) is 24.1. The van der Waals surface area contributed by atoms with Gasteiger partial charge in [0.25, 0.3) is 0 Å². The Morgan fingerprint density at radius 2 is 1.31 bits per heavy atom. The minimum absolute atomic E-state index is 0.847. The highest BCUT2D eigenvalue weighted by molar-refractivity contribution is 5.48. The summed E-state index contributed by atoms with van der Waals surface area (Å²) in [7, 11) is 0. The molecule has 0 heterocycles. The van der Waals surface area contributed by atoms with Crippen molar-refractivity contribution in [3.05, 3.63) is 77.9 Å². The lowest BCUT2D eigenvalue weighted by Gasteiger charge is -1.88. The summed E-state index contributed by atoms with van der Waals surface area (Å²) in [5.74, 6) is 11.0. The third-order valence-electron chi connectivity index (χ3n) is 3.13. The smallest absolute Gasteiger partial charge is 0.0245 e. The highest BCUT2D eigenvalue weighted by Crippen LogP contribution is 2.00. The van der Waals surface area contributed by atoms with Crippen molar-refractivity contribution in [2.75, 3.05) is 0 Å². The zero-order chi connectivity index (χ0) is 22.0. The average molecular weight is 385 g/mol.